The summed E-state index contributed by atoms with van der Waals surface area (Å²) in [5.41, 5.74) is 2.21. The summed E-state index contributed by atoms with van der Waals surface area (Å²) in [5.74, 6) is 0.237. The van der Waals surface area contributed by atoms with Gasteiger partial charge in [0.25, 0.3) is 5.91 Å². The van der Waals surface area contributed by atoms with E-state index in [0.717, 1.165) is 29.9 Å². The molecule has 1 atom stereocenters. The molecule has 0 spiro atoms. The van der Waals surface area contributed by atoms with Crippen LogP contribution in [0.1, 0.15) is 34.9 Å². The number of carbonyl (C=O) groups is 1. The summed E-state index contributed by atoms with van der Waals surface area (Å²) in [5, 5.41) is 3.12. The summed E-state index contributed by atoms with van der Waals surface area (Å²) in [6.07, 6.45) is 5.70. The molecule has 1 unspecified atom stereocenters. The molecule has 1 amide bonds. The van der Waals surface area contributed by atoms with E-state index in [2.05, 4.69) is 5.32 Å². The monoisotopic (exact) mass is 338 g/mol. The van der Waals surface area contributed by atoms with Crippen molar-refractivity contribution in [2.24, 2.45) is 0 Å². The van der Waals surface area contributed by atoms with Gasteiger partial charge in [0, 0.05) is 31.5 Å². The molecule has 0 bridgehead atoms. The van der Waals surface area contributed by atoms with E-state index < -0.39 is 5.82 Å². The fourth-order valence-electron chi connectivity index (χ4n) is 3.51. The summed E-state index contributed by atoms with van der Waals surface area (Å²) >= 11 is 0. The minimum atomic E-state index is -0.397. The van der Waals surface area contributed by atoms with Crippen LogP contribution in [0.15, 0.2) is 48.8 Å². The first-order chi connectivity index (χ1) is 12.2. The van der Waals surface area contributed by atoms with Crippen molar-refractivity contribution in [1.29, 1.82) is 0 Å². The van der Waals surface area contributed by atoms with Gasteiger partial charge in [-0.1, -0.05) is 6.07 Å². The molecule has 3 aromatic rings. The molecule has 1 saturated heterocycles. The van der Waals surface area contributed by atoms with Gasteiger partial charge in [-0.25, -0.2) is 9.37 Å². The van der Waals surface area contributed by atoms with Crippen LogP contribution in [0.25, 0.3) is 5.52 Å². The maximum absolute atomic E-state index is 13.5. The number of aromatic nitrogens is 2. The second-order valence-corrected chi connectivity index (χ2v) is 6.23. The van der Waals surface area contributed by atoms with Crippen molar-refractivity contribution in [3.63, 3.8) is 0 Å². The minimum Gasteiger partial charge on any atom is -0.371 e. The lowest BCUT2D eigenvalue weighted by Crippen LogP contribution is -2.31. The van der Waals surface area contributed by atoms with Gasteiger partial charge in [0.05, 0.1) is 17.3 Å². The maximum atomic E-state index is 13.5. The number of amides is 1. The molecule has 2 aromatic heterocycles. The number of halogens is 1. The largest absolute Gasteiger partial charge is 0.371 e. The minimum absolute atomic E-state index is 0.102. The molecule has 6 heteroatoms. The molecule has 0 saturated carbocycles. The van der Waals surface area contributed by atoms with Crippen LogP contribution in [0, 0.1) is 5.82 Å². The lowest BCUT2D eigenvalue weighted by atomic mass is 10.1. The predicted molar refractivity (Wildman–Crippen MR) is 94.2 cm³/mol. The maximum Gasteiger partial charge on any atom is 0.254 e. The molecule has 5 nitrogen and oxygen atoms in total. The van der Waals surface area contributed by atoms with Crippen LogP contribution >= 0.6 is 0 Å². The van der Waals surface area contributed by atoms with Gasteiger partial charge < -0.3 is 14.6 Å². The summed E-state index contributed by atoms with van der Waals surface area (Å²) in [4.78, 5) is 19.4. The highest BCUT2D eigenvalue weighted by Gasteiger charge is 2.32. The molecule has 0 aliphatic carbocycles. The molecule has 1 aliphatic heterocycles. The molecule has 1 fully saturated rings. The first kappa shape index (κ1) is 15.6. The third-order valence-corrected chi connectivity index (χ3v) is 4.70. The van der Waals surface area contributed by atoms with Crippen LogP contribution < -0.4 is 5.32 Å². The Morgan fingerprint density at radius 1 is 1.32 bits per heavy atom. The smallest absolute Gasteiger partial charge is 0.254 e. The summed E-state index contributed by atoms with van der Waals surface area (Å²) < 4.78 is 15.5. The number of hydrogen-bond acceptors (Lipinski definition) is 3. The Balaban J connectivity index is 1.71. The molecule has 25 heavy (non-hydrogen) atoms. The lowest BCUT2D eigenvalue weighted by molar-refractivity contribution is 0.0732. The number of likely N-dealkylation sites (tertiary alicyclic amines) is 1. The normalized spacial score (nSPS) is 17.2. The molecule has 1 N–H and O–H groups in total. The Hall–Kier alpha value is -2.89. The van der Waals surface area contributed by atoms with Crippen molar-refractivity contribution in [3.8, 4) is 0 Å². The Bertz CT molecular complexity index is 936. The van der Waals surface area contributed by atoms with Gasteiger partial charge in [-0.2, -0.15) is 0 Å². The number of fused-ring (bicyclic) bond motifs is 1. The quantitative estimate of drug-likeness (QED) is 0.795. The number of nitrogens with zero attached hydrogens (tertiary/aromatic N) is 3. The highest BCUT2D eigenvalue weighted by Crippen LogP contribution is 2.33. The Labute approximate surface area is 145 Å². The van der Waals surface area contributed by atoms with Crippen LogP contribution in [0.5, 0.6) is 0 Å². The summed E-state index contributed by atoms with van der Waals surface area (Å²) in [6, 6.07) is 9.71. The van der Waals surface area contributed by atoms with Gasteiger partial charge in [0.15, 0.2) is 0 Å². The van der Waals surface area contributed by atoms with Crippen LogP contribution in [-0.4, -0.2) is 33.8 Å². The highest BCUT2D eigenvalue weighted by atomic mass is 19.1. The average Bonchev–Trinajstić information content (AvgIpc) is 3.29. The zero-order valence-electron chi connectivity index (χ0n) is 13.9. The van der Waals surface area contributed by atoms with Crippen molar-refractivity contribution >= 4 is 17.2 Å². The third-order valence-electron chi connectivity index (χ3n) is 4.70. The Morgan fingerprint density at radius 2 is 2.20 bits per heavy atom. The standard InChI is InChI=1S/C19H19FN4O/c1-21-18-17-8-3-9-23(17)12-15(22-18)16-7-4-10-24(16)19(25)13-5-2-6-14(20)11-13/h2-3,5-6,8-9,11-12,16H,4,7,10H2,1H3,(H,21,22). The van der Waals surface area contributed by atoms with Crippen molar-refractivity contribution in [1.82, 2.24) is 14.3 Å². The van der Waals surface area contributed by atoms with E-state index >= 15 is 0 Å². The second-order valence-electron chi connectivity index (χ2n) is 6.23. The van der Waals surface area contributed by atoms with Crippen LogP contribution in [0.2, 0.25) is 0 Å². The van der Waals surface area contributed by atoms with E-state index in [1.54, 1.807) is 17.0 Å². The van der Waals surface area contributed by atoms with Gasteiger partial charge in [-0.15, -0.1) is 0 Å². The van der Waals surface area contributed by atoms with Crippen molar-refractivity contribution < 1.29 is 9.18 Å². The molecular weight excluding hydrogens is 319 g/mol. The Morgan fingerprint density at radius 3 is 3.00 bits per heavy atom. The van der Waals surface area contributed by atoms with Gasteiger partial charge in [-0.05, 0) is 43.2 Å². The predicted octanol–water partition coefficient (Wildman–Crippen LogP) is 3.49. The molecule has 3 heterocycles. The van der Waals surface area contributed by atoms with E-state index in [-0.39, 0.29) is 11.9 Å². The topological polar surface area (TPSA) is 49.6 Å². The fraction of sp³-hybridized carbons (Fsp3) is 0.263. The number of carbonyl (C=O) groups excluding carboxylic acids is 1. The van der Waals surface area contributed by atoms with Crippen LogP contribution in [-0.2, 0) is 0 Å². The third kappa shape index (κ3) is 2.73. The van der Waals surface area contributed by atoms with E-state index in [0.29, 0.717) is 12.1 Å². The van der Waals surface area contributed by atoms with Crippen molar-refractivity contribution in [2.45, 2.75) is 18.9 Å². The molecule has 1 aromatic carbocycles. The zero-order valence-corrected chi connectivity index (χ0v) is 13.9. The zero-order chi connectivity index (χ0) is 17.4. The number of hydrogen-bond donors (Lipinski definition) is 1. The number of nitrogens with one attached hydrogen (secondary N) is 1. The first-order valence-electron chi connectivity index (χ1n) is 8.39. The molecule has 1 aliphatic rings. The van der Waals surface area contributed by atoms with Crippen LogP contribution in [0.4, 0.5) is 10.2 Å². The lowest BCUT2D eigenvalue weighted by Gasteiger charge is -2.25. The molecule has 4 rings (SSSR count). The van der Waals surface area contributed by atoms with Gasteiger partial charge in [-0.3, -0.25) is 4.79 Å². The fourth-order valence-corrected chi connectivity index (χ4v) is 3.51. The highest BCUT2D eigenvalue weighted by molar-refractivity contribution is 5.94. The first-order valence-corrected chi connectivity index (χ1v) is 8.39. The molecule has 128 valence electrons. The molecule has 0 radical (unpaired) electrons. The number of rotatable bonds is 3. The van der Waals surface area contributed by atoms with E-state index in [4.69, 9.17) is 4.98 Å². The molecular formula is C19H19FN4O. The Kier molecular flexibility index (Phi) is 3.87. The summed E-state index contributed by atoms with van der Waals surface area (Å²) in [7, 11) is 1.84. The number of benzene rings is 1. The van der Waals surface area contributed by atoms with E-state index in [1.165, 1.54) is 12.1 Å². The van der Waals surface area contributed by atoms with E-state index in [1.807, 2.05) is 36.0 Å². The SMILES string of the molecule is CNc1nc(C2CCCN2C(=O)c2cccc(F)c2)cn2cccc12. The average molecular weight is 338 g/mol. The number of anilines is 1. The van der Waals surface area contributed by atoms with Gasteiger partial charge in [0.1, 0.15) is 11.6 Å². The second kappa shape index (κ2) is 6.20. The van der Waals surface area contributed by atoms with E-state index in [9.17, 15) is 9.18 Å². The summed E-state index contributed by atoms with van der Waals surface area (Å²) in [6.45, 7) is 0.653. The van der Waals surface area contributed by atoms with Gasteiger partial charge >= 0.3 is 0 Å². The van der Waals surface area contributed by atoms with Crippen molar-refractivity contribution in [3.05, 3.63) is 65.9 Å². The van der Waals surface area contributed by atoms with Gasteiger partial charge in [0.2, 0.25) is 0 Å². The van der Waals surface area contributed by atoms with Crippen LogP contribution in [0.3, 0.4) is 0 Å². The van der Waals surface area contributed by atoms with Crippen molar-refractivity contribution in [2.75, 3.05) is 18.9 Å².